The number of ether oxygens (including phenoxy) is 1. The second-order valence-electron chi connectivity index (χ2n) is 5.38. The van der Waals surface area contributed by atoms with Crippen molar-refractivity contribution in [1.29, 1.82) is 0 Å². The van der Waals surface area contributed by atoms with Crippen LogP contribution in [0, 0.1) is 6.92 Å². The number of cyclic esters (lactones) is 1. The molecule has 19 heavy (non-hydrogen) atoms. The van der Waals surface area contributed by atoms with Gasteiger partial charge in [-0.15, -0.1) is 0 Å². The highest BCUT2D eigenvalue weighted by Gasteiger charge is 2.42. The van der Waals surface area contributed by atoms with Crippen LogP contribution in [0.25, 0.3) is 0 Å². The molecule has 104 valence electrons. The molecule has 2 N–H and O–H groups in total. The highest BCUT2D eigenvalue weighted by atomic mass is 16.6. The van der Waals surface area contributed by atoms with Gasteiger partial charge in [0.25, 0.3) is 0 Å². The van der Waals surface area contributed by atoms with Crippen molar-refractivity contribution in [3.8, 4) is 0 Å². The number of carbonyl (C=O) groups excluding carboxylic acids is 1. The molecule has 1 saturated heterocycles. The number of hydrogen-bond donors (Lipinski definition) is 1. The first kappa shape index (κ1) is 13.9. The van der Waals surface area contributed by atoms with Crippen molar-refractivity contribution in [3.05, 3.63) is 29.3 Å². The molecule has 1 aliphatic heterocycles. The van der Waals surface area contributed by atoms with Gasteiger partial charge in [-0.05, 0) is 37.9 Å². The van der Waals surface area contributed by atoms with E-state index in [1.165, 1.54) is 5.56 Å². The minimum Gasteiger partial charge on any atom is -0.441 e. The lowest BCUT2D eigenvalue weighted by atomic mass is 10.0. The third-order valence-electron chi connectivity index (χ3n) is 3.69. The number of para-hydroxylation sites is 1. The quantitative estimate of drug-likeness (QED) is 0.907. The number of amides is 1. The third kappa shape index (κ3) is 2.59. The molecule has 4 heteroatoms. The van der Waals surface area contributed by atoms with Crippen LogP contribution in [0.2, 0.25) is 0 Å². The van der Waals surface area contributed by atoms with Crippen molar-refractivity contribution < 1.29 is 9.53 Å². The zero-order valence-corrected chi connectivity index (χ0v) is 11.9. The standard InChI is InChI=1S/C15H22N2O2/c1-4-12-7-5-6-11(2)13(12)17-10-15(3,8-9-16)19-14(17)18/h5-7H,4,8-10,16H2,1-3H3. The number of anilines is 1. The SMILES string of the molecule is CCc1cccc(C)c1N1CC(C)(CCN)OC1=O. The van der Waals surface area contributed by atoms with E-state index < -0.39 is 5.60 Å². The molecule has 1 fully saturated rings. The summed E-state index contributed by atoms with van der Waals surface area (Å²) in [6.45, 7) is 7.16. The minimum absolute atomic E-state index is 0.264. The zero-order chi connectivity index (χ0) is 14.0. The molecule has 0 aromatic heterocycles. The fourth-order valence-corrected chi connectivity index (χ4v) is 2.69. The average molecular weight is 262 g/mol. The Kier molecular flexibility index (Phi) is 3.80. The van der Waals surface area contributed by atoms with Gasteiger partial charge < -0.3 is 10.5 Å². The van der Waals surface area contributed by atoms with E-state index in [2.05, 4.69) is 13.0 Å². The molecular weight excluding hydrogens is 240 g/mol. The van der Waals surface area contributed by atoms with Gasteiger partial charge in [-0.25, -0.2) is 4.79 Å². The van der Waals surface area contributed by atoms with E-state index in [4.69, 9.17) is 10.5 Å². The van der Waals surface area contributed by atoms with E-state index >= 15 is 0 Å². The van der Waals surface area contributed by atoms with E-state index in [1.807, 2.05) is 26.0 Å². The van der Waals surface area contributed by atoms with Gasteiger partial charge in [0, 0.05) is 6.42 Å². The average Bonchev–Trinajstić information content (AvgIpc) is 2.64. The maximum atomic E-state index is 12.1. The van der Waals surface area contributed by atoms with Crippen LogP contribution < -0.4 is 10.6 Å². The maximum Gasteiger partial charge on any atom is 0.415 e. The first-order valence-electron chi connectivity index (χ1n) is 6.80. The Balaban J connectivity index is 2.36. The predicted octanol–water partition coefficient (Wildman–Crippen LogP) is 2.62. The second kappa shape index (κ2) is 5.21. The van der Waals surface area contributed by atoms with Crippen molar-refractivity contribution in [2.45, 2.75) is 39.2 Å². The van der Waals surface area contributed by atoms with Gasteiger partial charge in [0.1, 0.15) is 5.60 Å². The van der Waals surface area contributed by atoms with Gasteiger partial charge in [0.05, 0.1) is 12.2 Å². The molecular formula is C15H22N2O2. The Morgan fingerprint density at radius 3 is 2.84 bits per heavy atom. The fourth-order valence-electron chi connectivity index (χ4n) is 2.69. The Bertz CT molecular complexity index is 487. The number of hydrogen-bond acceptors (Lipinski definition) is 3. The molecule has 0 bridgehead atoms. The van der Waals surface area contributed by atoms with Crippen molar-refractivity contribution in [2.75, 3.05) is 18.0 Å². The minimum atomic E-state index is -0.473. The lowest BCUT2D eigenvalue weighted by Gasteiger charge is -2.22. The molecule has 1 aromatic carbocycles. The van der Waals surface area contributed by atoms with Crippen LogP contribution in [0.5, 0.6) is 0 Å². The van der Waals surface area contributed by atoms with Gasteiger partial charge in [0.2, 0.25) is 0 Å². The van der Waals surface area contributed by atoms with Crippen molar-refractivity contribution >= 4 is 11.8 Å². The van der Waals surface area contributed by atoms with Gasteiger partial charge >= 0.3 is 6.09 Å². The molecule has 1 atom stereocenters. The number of carbonyl (C=O) groups is 1. The smallest absolute Gasteiger partial charge is 0.415 e. The summed E-state index contributed by atoms with van der Waals surface area (Å²) in [6.07, 6.45) is 1.32. The van der Waals surface area contributed by atoms with Crippen LogP contribution in [0.1, 0.15) is 31.4 Å². The van der Waals surface area contributed by atoms with Crippen LogP contribution in [-0.4, -0.2) is 24.8 Å². The molecule has 1 amide bonds. The fraction of sp³-hybridized carbons (Fsp3) is 0.533. The Morgan fingerprint density at radius 1 is 1.47 bits per heavy atom. The highest BCUT2D eigenvalue weighted by Crippen LogP contribution is 2.34. The molecule has 2 rings (SSSR count). The van der Waals surface area contributed by atoms with Crippen molar-refractivity contribution in [2.24, 2.45) is 5.73 Å². The summed E-state index contributed by atoms with van der Waals surface area (Å²) in [5.74, 6) is 0. The van der Waals surface area contributed by atoms with Gasteiger partial charge in [-0.2, -0.15) is 0 Å². The predicted molar refractivity (Wildman–Crippen MR) is 76.5 cm³/mol. The topological polar surface area (TPSA) is 55.6 Å². The summed E-state index contributed by atoms with van der Waals surface area (Å²) in [5.41, 5.74) is 8.40. The van der Waals surface area contributed by atoms with E-state index in [0.29, 0.717) is 19.5 Å². The molecule has 1 aliphatic rings. The summed E-state index contributed by atoms with van der Waals surface area (Å²) in [4.78, 5) is 13.9. The number of nitrogens with two attached hydrogens (primary N) is 1. The lowest BCUT2D eigenvalue weighted by molar-refractivity contribution is 0.0672. The number of nitrogens with zero attached hydrogens (tertiary/aromatic N) is 1. The molecule has 1 aromatic rings. The summed E-state index contributed by atoms with van der Waals surface area (Å²) >= 11 is 0. The zero-order valence-electron chi connectivity index (χ0n) is 11.9. The first-order chi connectivity index (χ1) is 9.00. The van der Waals surface area contributed by atoms with Crippen molar-refractivity contribution in [1.82, 2.24) is 0 Å². The summed E-state index contributed by atoms with van der Waals surface area (Å²) in [6, 6.07) is 6.12. The molecule has 1 unspecified atom stereocenters. The van der Waals surface area contributed by atoms with Gasteiger partial charge in [-0.1, -0.05) is 25.1 Å². The van der Waals surface area contributed by atoms with E-state index in [-0.39, 0.29) is 6.09 Å². The van der Waals surface area contributed by atoms with Crippen LogP contribution in [-0.2, 0) is 11.2 Å². The van der Waals surface area contributed by atoms with E-state index in [1.54, 1.807) is 4.90 Å². The Morgan fingerprint density at radius 2 is 2.21 bits per heavy atom. The summed E-state index contributed by atoms with van der Waals surface area (Å²) in [5, 5.41) is 0. The van der Waals surface area contributed by atoms with Crippen molar-refractivity contribution in [3.63, 3.8) is 0 Å². The Labute approximate surface area is 114 Å². The number of aryl methyl sites for hydroxylation is 2. The Hall–Kier alpha value is -1.55. The molecule has 4 nitrogen and oxygen atoms in total. The highest BCUT2D eigenvalue weighted by molar-refractivity contribution is 5.92. The third-order valence-corrected chi connectivity index (χ3v) is 3.69. The molecule has 0 saturated carbocycles. The lowest BCUT2D eigenvalue weighted by Crippen LogP contribution is -2.34. The van der Waals surface area contributed by atoms with E-state index in [0.717, 1.165) is 17.7 Å². The largest absolute Gasteiger partial charge is 0.441 e. The maximum absolute atomic E-state index is 12.1. The van der Waals surface area contributed by atoms with E-state index in [9.17, 15) is 4.79 Å². The van der Waals surface area contributed by atoms with Gasteiger partial charge in [0.15, 0.2) is 0 Å². The molecule has 0 radical (unpaired) electrons. The van der Waals surface area contributed by atoms with Crippen LogP contribution >= 0.6 is 0 Å². The molecule has 0 spiro atoms. The van der Waals surface area contributed by atoms with Gasteiger partial charge in [-0.3, -0.25) is 4.90 Å². The number of rotatable bonds is 4. The van der Waals surface area contributed by atoms with Crippen LogP contribution in [0.3, 0.4) is 0 Å². The van der Waals surface area contributed by atoms with Crippen LogP contribution in [0.4, 0.5) is 10.5 Å². The summed E-state index contributed by atoms with van der Waals surface area (Å²) < 4.78 is 5.52. The van der Waals surface area contributed by atoms with Crippen LogP contribution in [0.15, 0.2) is 18.2 Å². The normalized spacial score (nSPS) is 22.7. The monoisotopic (exact) mass is 262 g/mol. The summed E-state index contributed by atoms with van der Waals surface area (Å²) in [7, 11) is 0. The number of benzene rings is 1. The second-order valence-corrected chi connectivity index (χ2v) is 5.38. The first-order valence-corrected chi connectivity index (χ1v) is 6.80. The molecule has 1 heterocycles. The molecule has 0 aliphatic carbocycles.